The lowest BCUT2D eigenvalue weighted by molar-refractivity contribution is -0.133. The molecule has 0 aliphatic carbocycles. The maximum Gasteiger partial charge on any atom is 0.313 e. The summed E-state index contributed by atoms with van der Waals surface area (Å²) < 4.78 is 1.10. The molecule has 3 aromatic rings. The zero-order valence-electron chi connectivity index (χ0n) is 12.9. The summed E-state index contributed by atoms with van der Waals surface area (Å²) in [5.41, 5.74) is 1.98. The molecule has 0 saturated heterocycles. The predicted molar refractivity (Wildman–Crippen MR) is 106 cm³/mol. The van der Waals surface area contributed by atoms with Crippen molar-refractivity contribution in [1.82, 2.24) is 4.98 Å². The van der Waals surface area contributed by atoms with Gasteiger partial charge in [0.05, 0.1) is 16.0 Å². The molecular weight excluding hydrogens is 358 g/mol. The second-order valence-corrected chi connectivity index (χ2v) is 7.88. The molecule has 3 rings (SSSR count). The molecule has 24 heavy (non-hydrogen) atoms. The highest BCUT2D eigenvalue weighted by atomic mass is 32.2. The first kappa shape index (κ1) is 17.1. The Balaban J connectivity index is 1.97. The van der Waals surface area contributed by atoms with Crippen molar-refractivity contribution in [2.45, 2.75) is 4.90 Å². The highest BCUT2D eigenvalue weighted by molar-refractivity contribution is 8.09. The molecule has 6 heteroatoms. The number of hydrogen-bond acceptors (Lipinski definition) is 5. The molecule has 122 valence electrons. The van der Waals surface area contributed by atoms with Gasteiger partial charge in [-0.1, -0.05) is 24.3 Å². The topological polar surface area (TPSA) is 50.2 Å². The number of carboxylic acid groups (broad SMARTS) is 1. The first-order valence-corrected chi connectivity index (χ1v) is 10.2. The van der Waals surface area contributed by atoms with E-state index < -0.39 is 5.97 Å². The number of nitrogens with zero attached hydrogens (tertiary/aromatic N) is 1. The van der Waals surface area contributed by atoms with Crippen LogP contribution in [0.5, 0.6) is 0 Å². The summed E-state index contributed by atoms with van der Waals surface area (Å²) >= 11 is 4.59. The Hall–Kier alpha value is -1.76. The number of carboxylic acids is 1. The minimum absolute atomic E-state index is 0.0185. The Morgan fingerprint density at radius 3 is 2.62 bits per heavy atom. The molecule has 1 N–H and O–H groups in total. The fourth-order valence-corrected chi connectivity index (χ4v) is 4.39. The average Bonchev–Trinajstić information content (AvgIpc) is 3.03. The minimum atomic E-state index is -0.829. The van der Waals surface area contributed by atoms with Crippen LogP contribution >= 0.6 is 34.9 Å². The van der Waals surface area contributed by atoms with E-state index >= 15 is 0 Å². The molecule has 1 heterocycles. The second-order valence-electron chi connectivity index (χ2n) is 4.95. The summed E-state index contributed by atoms with van der Waals surface area (Å²) in [4.78, 5) is 17.7. The van der Waals surface area contributed by atoms with Gasteiger partial charge < -0.3 is 5.11 Å². The van der Waals surface area contributed by atoms with E-state index in [0.29, 0.717) is 0 Å². The fourth-order valence-electron chi connectivity index (χ4n) is 2.13. The van der Waals surface area contributed by atoms with Gasteiger partial charge in [0.1, 0.15) is 5.01 Å². The maximum atomic E-state index is 11.0. The molecule has 0 atom stereocenters. The number of fused-ring (bicyclic) bond motifs is 1. The lowest BCUT2D eigenvalue weighted by Gasteiger charge is -2.03. The van der Waals surface area contributed by atoms with Gasteiger partial charge in [0.25, 0.3) is 0 Å². The summed E-state index contributed by atoms with van der Waals surface area (Å²) in [6.45, 7) is 0. The van der Waals surface area contributed by atoms with Crippen LogP contribution in [0.3, 0.4) is 0 Å². The van der Waals surface area contributed by atoms with Crippen molar-refractivity contribution < 1.29 is 9.90 Å². The number of aliphatic carboxylic acids is 1. The molecule has 0 bridgehead atoms. The quantitative estimate of drug-likeness (QED) is 0.592. The van der Waals surface area contributed by atoms with Crippen LogP contribution in [0.2, 0.25) is 0 Å². The van der Waals surface area contributed by atoms with Crippen molar-refractivity contribution in [2.24, 2.45) is 0 Å². The van der Waals surface area contributed by atoms with Crippen molar-refractivity contribution in [2.75, 3.05) is 12.0 Å². The van der Waals surface area contributed by atoms with Crippen molar-refractivity contribution >= 4 is 62.0 Å². The van der Waals surface area contributed by atoms with Gasteiger partial charge in [0, 0.05) is 9.80 Å². The van der Waals surface area contributed by atoms with Crippen LogP contribution in [-0.4, -0.2) is 28.1 Å². The van der Waals surface area contributed by atoms with Gasteiger partial charge in [-0.15, -0.1) is 34.9 Å². The van der Waals surface area contributed by atoms with Crippen molar-refractivity contribution in [3.8, 4) is 0 Å². The highest BCUT2D eigenvalue weighted by Gasteiger charge is 2.11. The van der Waals surface area contributed by atoms with Crippen molar-refractivity contribution in [3.05, 3.63) is 59.1 Å². The van der Waals surface area contributed by atoms with Crippen molar-refractivity contribution in [3.63, 3.8) is 0 Å². The first-order valence-electron chi connectivity index (χ1n) is 7.22. The third-order valence-corrected chi connectivity index (χ3v) is 6.23. The lowest BCUT2D eigenvalue weighted by Crippen LogP contribution is -1.97. The Kier molecular flexibility index (Phi) is 5.60. The van der Waals surface area contributed by atoms with E-state index in [-0.39, 0.29) is 5.75 Å². The molecule has 0 radical (unpaired) electrons. The Morgan fingerprint density at radius 1 is 1.21 bits per heavy atom. The fraction of sp³-hybridized carbons (Fsp3) is 0.111. The first-order chi connectivity index (χ1) is 11.7. The molecule has 0 aliphatic rings. The maximum absolute atomic E-state index is 11.0. The molecule has 0 fully saturated rings. The number of aromatic nitrogens is 1. The molecule has 0 saturated carbocycles. The zero-order chi connectivity index (χ0) is 16.9. The lowest BCUT2D eigenvalue weighted by atomic mass is 10.2. The van der Waals surface area contributed by atoms with E-state index in [1.54, 1.807) is 23.1 Å². The zero-order valence-corrected chi connectivity index (χ0v) is 15.4. The Morgan fingerprint density at radius 2 is 1.96 bits per heavy atom. The molecule has 3 nitrogen and oxygen atoms in total. The van der Waals surface area contributed by atoms with E-state index in [1.807, 2.05) is 48.7 Å². The summed E-state index contributed by atoms with van der Waals surface area (Å²) in [6, 6.07) is 16.2. The van der Waals surface area contributed by atoms with E-state index in [1.165, 1.54) is 16.7 Å². The van der Waals surface area contributed by atoms with Crippen LogP contribution in [-0.2, 0) is 4.79 Å². The molecular formula is C18H15NO2S3. The van der Waals surface area contributed by atoms with Gasteiger partial charge in [-0.25, -0.2) is 4.98 Å². The van der Waals surface area contributed by atoms with Crippen LogP contribution in [0.1, 0.15) is 10.6 Å². The third kappa shape index (κ3) is 4.20. The minimum Gasteiger partial charge on any atom is -0.481 e. The molecule has 2 aromatic carbocycles. The second kappa shape index (κ2) is 7.88. The number of thioether (sulfide) groups is 2. The SMILES string of the molecule is CSc1ccc(/C=C(\SCC(=O)O)c2nc3ccccc3s2)cc1. The number of hydrogen-bond donors (Lipinski definition) is 1. The van der Waals surface area contributed by atoms with Gasteiger partial charge >= 0.3 is 5.97 Å². The van der Waals surface area contributed by atoms with Crippen LogP contribution in [0.4, 0.5) is 0 Å². The smallest absolute Gasteiger partial charge is 0.313 e. The van der Waals surface area contributed by atoms with Gasteiger partial charge in [-0.05, 0) is 42.2 Å². The molecule has 0 aliphatic heterocycles. The molecule has 0 spiro atoms. The van der Waals surface area contributed by atoms with E-state index in [9.17, 15) is 4.79 Å². The number of rotatable bonds is 6. The molecule has 1 aromatic heterocycles. The van der Waals surface area contributed by atoms with Gasteiger partial charge in [0.2, 0.25) is 0 Å². The van der Waals surface area contributed by atoms with Gasteiger partial charge in [0.15, 0.2) is 0 Å². The molecule has 0 unspecified atom stereocenters. The number of thiazole rings is 1. The Bertz CT molecular complexity index is 852. The largest absolute Gasteiger partial charge is 0.481 e. The van der Waals surface area contributed by atoms with E-state index in [2.05, 4.69) is 17.1 Å². The van der Waals surface area contributed by atoms with E-state index in [4.69, 9.17) is 5.11 Å². The van der Waals surface area contributed by atoms with E-state index in [0.717, 1.165) is 25.7 Å². The standard InChI is InChI=1S/C18H15NO2S3/c1-22-13-8-6-12(7-9-13)10-16(23-11-17(20)21)18-19-14-4-2-3-5-15(14)24-18/h2-10H,11H2,1H3,(H,20,21)/b16-10-. The average molecular weight is 374 g/mol. The third-order valence-electron chi connectivity index (χ3n) is 3.27. The van der Waals surface area contributed by atoms with Gasteiger partial charge in [-0.2, -0.15) is 0 Å². The number of benzene rings is 2. The van der Waals surface area contributed by atoms with Crippen LogP contribution in [0.15, 0.2) is 53.4 Å². The number of para-hydroxylation sites is 1. The van der Waals surface area contributed by atoms with Crippen LogP contribution < -0.4 is 0 Å². The summed E-state index contributed by atoms with van der Waals surface area (Å²) in [7, 11) is 0. The van der Waals surface area contributed by atoms with Gasteiger partial charge in [-0.3, -0.25) is 4.79 Å². The monoisotopic (exact) mass is 373 g/mol. The summed E-state index contributed by atoms with van der Waals surface area (Å²) in [6.07, 6.45) is 4.05. The highest BCUT2D eigenvalue weighted by Crippen LogP contribution is 2.35. The van der Waals surface area contributed by atoms with Crippen LogP contribution in [0, 0.1) is 0 Å². The Labute approximate surface area is 152 Å². The normalized spacial score (nSPS) is 11.8. The van der Waals surface area contributed by atoms with Crippen molar-refractivity contribution in [1.29, 1.82) is 0 Å². The number of carbonyl (C=O) groups is 1. The summed E-state index contributed by atoms with van der Waals surface area (Å²) in [5, 5.41) is 9.87. The predicted octanol–water partition coefficient (Wildman–Crippen LogP) is 5.33. The molecule has 0 amide bonds. The summed E-state index contributed by atoms with van der Waals surface area (Å²) in [5.74, 6) is -0.810. The van der Waals surface area contributed by atoms with Crippen LogP contribution in [0.25, 0.3) is 21.2 Å².